The second kappa shape index (κ2) is 11.1. The predicted octanol–water partition coefficient (Wildman–Crippen LogP) is 0.624. The molecule has 0 aliphatic carbocycles. The Morgan fingerprint density at radius 1 is 1.13 bits per heavy atom. The van der Waals surface area contributed by atoms with E-state index < -0.39 is 23.2 Å². The topological polar surface area (TPSA) is 140 Å². The maximum absolute atomic E-state index is 12.0. The highest BCUT2D eigenvalue weighted by Crippen LogP contribution is 2.30. The van der Waals surface area contributed by atoms with Gasteiger partial charge >= 0.3 is 0 Å². The van der Waals surface area contributed by atoms with E-state index in [9.17, 15) is 13.2 Å². The molecule has 3 rings (SSSR count). The van der Waals surface area contributed by atoms with Crippen molar-refractivity contribution in [3.8, 4) is 0 Å². The number of aromatic nitrogens is 4. The Kier molecular flexibility index (Phi) is 8.22. The summed E-state index contributed by atoms with van der Waals surface area (Å²) in [5.74, 6) is 0.471. The Morgan fingerprint density at radius 2 is 1.93 bits per heavy atom. The van der Waals surface area contributed by atoms with E-state index in [1.165, 1.54) is 6.33 Å². The molecule has 0 spiro atoms. The standard InChI is InChI=1S/C18H26N7O4S/c1-2-19-18(26)13-7-8-14(29-13)25-12-23-15-16(21-11-22-17(15)25)20-9-5-3-4-6-10-24-30(27)28/h7-8,11-14H,2-6,9-10H2,1H3,(H,19,26)(H,20,21,22)(H,24,27,28)/t13-,14+/m0/s1. The molecule has 2 aromatic heterocycles. The molecule has 1 amide bonds. The van der Waals surface area contributed by atoms with Crippen molar-refractivity contribution in [1.82, 2.24) is 29.6 Å². The lowest BCUT2D eigenvalue weighted by Gasteiger charge is -2.14. The minimum absolute atomic E-state index is 0.172. The van der Waals surface area contributed by atoms with Crippen molar-refractivity contribution in [2.24, 2.45) is 0 Å². The van der Waals surface area contributed by atoms with E-state index >= 15 is 0 Å². The number of hydrogen-bond donors (Lipinski definition) is 3. The van der Waals surface area contributed by atoms with Crippen LogP contribution in [0, 0.1) is 12.8 Å². The summed E-state index contributed by atoms with van der Waals surface area (Å²) in [6.45, 7) is 3.59. The summed E-state index contributed by atoms with van der Waals surface area (Å²) in [6.07, 6.45) is 9.21. The van der Waals surface area contributed by atoms with E-state index in [2.05, 4.69) is 30.3 Å². The van der Waals surface area contributed by atoms with Gasteiger partial charge in [-0.1, -0.05) is 12.8 Å². The molecular weight excluding hydrogens is 410 g/mol. The van der Waals surface area contributed by atoms with E-state index in [-0.39, 0.29) is 5.91 Å². The molecule has 3 radical (unpaired) electrons. The van der Waals surface area contributed by atoms with E-state index in [4.69, 9.17) is 4.74 Å². The lowest BCUT2D eigenvalue weighted by molar-refractivity contribution is -0.132. The molecule has 3 N–H and O–H groups in total. The molecule has 1 aliphatic rings. The van der Waals surface area contributed by atoms with Gasteiger partial charge < -0.3 is 15.4 Å². The Balaban J connectivity index is 1.51. The van der Waals surface area contributed by atoms with Gasteiger partial charge in [0.25, 0.3) is 10.9 Å². The molecule has 3 heterocycles. The zero-order valence-electron chi connectivity index (χ0n) is 16.7. The van der Waals surface area contributed by atoms with Gasteiger partial charge in [-0.15, -0.1) is 0 Å². The average molecular weight is 437 g/mol. The van der Waals surface area contributed by atoms with E-state index in [0.717, 1.165) is 32.2 Å². The molecule has 30 heavy (non-hydrogen) atoms. The number of imidazole rings is 1. The van der Waals surface area contributed by atoms with Gasteiger partial charge in [0.05, 0.1) is 6.33 Å². The maximum Gasteiger partial charge on any atom is 0.266 e. The van der Waals surface area contributed by atoms with Crippen molar-refractivity contribution in [3.63, 3.8) is 0 Å². The number of fused-ring (bicyclic) bond motifs is 1. The molecule has 11 nitrogen and oxygen atoms in total. The second-order valence-electron chi connectivity index (χ2n) is 6.74. The van der Waals surface area contributed by atoms with Crippen LogP contribution in [-0.4, -0.2) is 59.6 Å². The Morgan fingerprint density at radius 3 is 2.70 bits per heavy atom. The summed E-state index contributed by atoms with van der Waals surface area (Å²) < 4.78 is 30.7. The number of carbonyl (C=O) groups excluding carboxylic acids is 1. The van der Waals surface area contributed by atoms with Gasteiger partial charge in [0.15, 0.2) is 17.0 Å². The fourth-order valence-electron chi connectivity index (χ4n) is 3.15. The molecule has 0 unspecified atom stereocenters. The van der Waals surface area contributed by atoms with E-state index in [1.807, 2.05) is 13.3 Å². The van der Waals surface area contributed by atoms with Crippen molar-refractivity contribution in [2.75, 3.05) is 25.0 Å². The average Bonchev–Trinajstić information content (AvgIpc) is 3.37. The van der Waals surface area contributed by atoms with Gasteiger partial charge in [-0.05, 0) is 19.8 Å². The number of rotatable bonds is 12. The SMILES string of the molecule is CCNC(=O)[C@@H]1[CH][CH][C@H](n2cnc3c(NCCCCCCN[S](=O)=O)ncnc32)O1. The fraction of sp³-hybridized carbons (Fsp3) is 0.556. The molecule has 163 valence electrons. The van der Waals surface area contributed by atoms with Crippen molar-refractivity contribution >= 4 is 33.8 Å². The number of nitrogens with one attached hydrogen (secondary N) is 3. The van der Waals surface area contributed by atoms with Crippen LogP contribution in [0.3, 0.4) is 0 Å². The molecule has 1 saturated heterocycles. The van der Waals surface area contributed by atoms with Gasteiger partial charge in [-0.2, -0.15) is 13.1 Å². The van der Waals surface area contributed by atoms with E-state index in [0.29, 0.717) is 30.1 Å². The smallest absolute Gasteiger partial charge is 0.266 e. The minimum Gasteiger partial charge on any atom is -0.368 e. The van der Waals surface area contributed by atoms with Gasteiger partial charge in [0.1, 0.15) is 18.7 Å². The van der Waals surface area contributed by atoms with Crippen molar-refractivity contribution in [1.29, 1.82) is 0 Å². The van der Waals surface area contributed by atoms with Gasteiger partial charge in [-0.25, -0.2) is 15.0 Å². The van der Waals surface area contributed by atoms with Gasteiger partial charge in [0, 0.05) is 32.5 Å². The molecular formula is C18H26N7O4S. The summed E-state index contributed by atoms with van der Waals surface area (Å²) in [5.41, 5.74) is 1.26. The molecule has 0 saturated carbocycles. The van der Waals surface area contributed by atoms with Crippen LogP contribution in [0.15, 0.2) is 12.7 Å². The first-order valence-corrected chi connectivity index (χ1v) is 11.0. The number of likely N-dealkylation sites (N-methyl/N-ethyl adjacent to an activating group) is 1. The van der Waals surface area contributed by atoms with Crippen LogP contribution in [0.4, 0.5) is 5.82 Å². The summed E-state index contributed by atoms with van der Waals surface area (Å²) in [4.78, 5) is 25.0. The monoisotopic (exact) mass is 436 g/mol. The van der Waals surface area contributed by atoms with Crippen LogP contribution < -0.4 is 15.4 Å². The Hall–Kier alpha value is -2.44. The van der Waals surface area contributed by atoms with Crippen LogP contribution >= 0.6 is 0 Å². The fourth-order valence-corrected chi connectivity index (χ4v) is 3.46. The second-order valence-corrected chi connectivity index (χ2v) is 7.50. The summed E-state index contributed by atoms with van der Waals surface area (Å²) >= 11 is 0. The third-order valence-electron chi connectivity index (χ3n) is 4.59. The summed E-state index contributed by atoms with van der Waals surface area (Å²) in [5, 5.41) is 6.02. The molecule has 0 aromatic carbocycles. The van der Waals surface area contributed by atoms with Gasteiger partial charge in [0.2, 0.25) is 5.91 Å². The number of anilines is 1. The quantitative estimate of drug-likeness (QED) is 0.412. The number of nitrogens with zero attached hydrogens (tertiary/aromatic N) is 4. The first-order valence-electron chi connectivity index (χ1n) is 9.95. The summed E-state index contributed by atoms with van der Waals surface area (Å²) in [6, 6.07) is 0. The molecule has 2 aromatic rings. The molecule has 0 bridgehead atoms. The minimum atomic E-state index is -2.19. The lowest BCUT2D eigenvalue weighted by atomic mass is 10.2. The summed E-state index contributed by atoms with van der Waals surface area (Å²) in [7, 11) is -2.19. The number of carbonyl (C=O) groups is 1. The van der Waals surface area contributed by atoms with Gasteiger partial charge in [-0.3, -0.25) is 9.36 Å². The first-order chi connectivity index (χ1) is 14.6. The third kappa shape index (κ3) is 5.80. The first kappa shape index (κ1) is 22.2. The number of ether oxygens (including phenoxy) is 1. The van der Waals surface area contributed by atoms with E-state index in [1.54, 1.807) is 17.3 Å². The van der Waals surface area contributed by atoms with Crippen LogP contribution in [0.25, 0.3) is 11.2 Å². The van der Waals surface area contributed by atoms with Crippen LogP contribution in [0.5, 0.6) is 0 Å². The largest absolute Gasteiger partial charge is 0.368 e. The number of hydrogen-bond acceptors (Lipinski definition) is 8. The zero-order valence-corrected chi connectivity index (χ0v) is 17.6. The molecule has 1 fully saturated rings. The maximum atomic E-state index is 12.0. The molecule has 1 aliphatic heterocycles. The normalized spacial score (nSPS) is 18.6. The third-order valence-corrected chi connectivity index (χ3v) is 5.03. The van der Waals surface area contributed by atoms with Crippen LogP contribution in [0.1, 0.15) is 38.8 Å². The Bertz CT molecular complexity index is 909. The van der Waals surface area contributed by atoms with Crippen LogP contribution in [0.2, 0.25) is 0 Å². The predicted molar refractivity (Wildman–Crippen MR) is 110 cm³/mol. The highest BCUT2D eigenvalue weighted by Gasteiger charge is 2.33. The highest BCUT2D eigenvalue weighted by atomic mass is 32.2. The molecule has 2 atom stereocenters. The number of amides is 1. The van der Waals surface area contributed by atoms with Crippen molar-refractivity contribution in [2.45, 2.75) is 44.9 Å². The van der Waals surface area contributed by atoms with Crippen molar-refractivity contribution < 1.29 is 17.9 Å². The number of unbranched alkanes of at least 4 members (excludes halogenated alkanes) is 3. The van der Waals surface area contributed by atoms with Crippen molar-refractivity contribution in [3.05, 3.63) is 25.5 Å². The highest BCUT2D eigenvalue weighted by molar-refractivity contribution is 7.70. The molecule has 12 heteroatoms. The Labute approximate surface area is 177 Å². The zero-order chi connectivity index (χ0) is 21.3. The lowest BCUT2D eigenvalue weighted by Crippen LogP contribution is -2.34. The van der Waals surface area contributed by atoms with Crippen LogP contribution in [-0.2, 0) is 20.4 Å².